The number of anilines is 2. The highest BCUT2D eigenvalue weighted by Crippen LogP contribution is 2.22. The molecule has 8 nitrogen and oxygen atoms in total. The third-order valence-electron chi connectivity index (χ3n) is 2.60. The van der Waals surface area contributed by atoms with Crippen LogP contribution in [0.15, 0.2) is 12.1 Å². The van der Waals surface area contributed by atoms with Gasteiger partial charge in [-0.25, -0.2) is 4.98 Å². The molecular weight excluding hydrogens is 252 g/mol. The highest BCUT2D eigenvalue weighted by atomic mass is 16.6. The van der Waals surface area contributed by atoms with Crippen LogP contribution >= 0.6 is 0 Å². The van der Waals surface area contributed by atoms with Crippen LogP contribution in [0.5, 0.6) is 0 Å². The van der Waals surface area contributed by atoms with E-state index in [1.54, 1.807) is 4.90 Å². The lowest BCUT2D eigenvalue weighted by Crippen LogP contribution is -2.27. The maximum absolute atomic E-state index is 11.1. The Kier molecular flexibility index (Phi) is 5.04. The Bertz CT molecular complexity index is 478. The van der Waals surface area contributed by atoms with E-state index in [9.17, 15) is 14.9 Å². The molecule has 0 aliphatic rings. The zero-order chi connectivity index (χ0) is 14.4. The Hall–Kier alpha value is -2.38. The van der Waals surface area contributed by atoms with Gasteiger partial charge in [-0.2, -0.15) is 0 Å². The molecule has 0 fully saturated rings. The van der Waals surface area contributed by atoms with Crippen LogP contribution in [0.25, 0.3) is 0 Å². The number of nitro groups is 1. The number of nitrogens with zero attached hydrogens (tertiary/aromatic N) is 3. The molecular formula is C11H16N4O4. The van der Waals surface area contributed by atoms with Gasteiger partial charge in [0.15, 0.2) is 0 Å². The summed E-state index contributed by atoms with van der Waals surface area (Å²) in [6.45, 7) is 2.89. The summed E-state index contributed by atoms with van der Waals surface area (Å²) in [4.78, 5) is 26.9. The molecule has 0 saturated carbocycles. The van der Waals surface area contributed by atoms with Crippen LogP contribution in [-0.2, 0) is 9.53 Å². The van der Waals surface area contributed by atoms with E-state index in [4.69, 9.17) is 5.73 Å². The van der Waals surface area contributed by atoms with Crippen molar-refractivity contribution in [2.45, 2.75) is 13.3 Å². The van der Waals surface area contributed by atoms with Crippen LogP contribution in [0.1, 0.15) is 13.3 Å². The van der Waals surface area contributed by atoms with Crippen LogP contribution in [-0.4, -0.2) is 36.1 Å². The van der Waals surface area contributed by atoms with E-state index in [1.807, 2.05) is 6.92 Å². The zero-order valence-corrected chi connectivity index (χ0v) is 10.8. The average molecular weight is 268 g/mol. The summed E-state index contributed by atoms with van der Waals surface area (Å²) in [6, 6.07) is 2.81. The van der Waals surface area contributed by atoms with Gasteiger partial charge >= 0.3 is 11.7 Å². The smallest absolute Gasteiger partial charge is 0.311 e. The van der Waals surface area contributed by atoms with Crippen molar-refractivity contribution < 1.29 is 14.5 Å². The summed E-state index contributed by atoms with van der Waals surface area (Å²) in [7, 11) is 1.32. The Balaban J connectivity index is 2.84. The molecule has 0 bridgehead atoms. The van der Waals surface area contributed by atoms with Gasteiger partial charge in [0.2, 0.25) is 5.82 Å². The number of methoxy groups -OCH3 is 1. The number of hydrogen-bond donors (Lipinski definition) is 1. The fraction of sp³-hybridized carbons (Fsp3) is 0.455. The highest BCUT2D eigenvalue weighted by Gasteiger charge is 2.16. The fourth-order valence-electron chi connectivity index (χ4n) is 1.55. The van der Waals surface area contributed by atoms with E-state index in [1.165, 1.54) is 19.2 Å². The maximum atomic E-state index is 11.1. The van der Waals surface area contributed by atoms with E-state index in [0.29, 0.717) is 18.9 Å². The first-order valence-corrected chi connectivity index (χ1v) is 5.72. The number of carbonyl (C=O) groups excluding carboxylic acids is 1. The van der Waals surface area contributed by atoms with Gasteiger partial charge in [0.05, 0.1) is 18.5 Å². The molecule has 104 valence electrons. The first-order valence-electron chi connectivity index (χ1n) is 5.72. The minimum absolute atomic E-state index is 0.140. The van der Waals surface area contributed by atoms with Crippen molar-refractivity contribution in [2.24, 2.45) is 0 Å². The predicted molar refractivity (Wildman–Crippen MR) is 69.8 cm³/mol. The van der Waals surface area contributed by atoms with Gasteiger partial charge in [-0.3, -0.25) is 14.9 Å². The molecule has 0 radical (unpaired) electrons. The SMILES string of the molecule is CCN(CCC(=O)OC)c1ccc([N+](=O)[O-])c(N)n1. The molecule has 0 spiro atoms. The zero-order valence-electron chi connectivity index (χ0n) is 10.8. The molecule has 1 rings (SSSR count). The monoisotopic (exact) mass is 268 g/mol. The lowest BCUT2D eigenvalue weighted by atomic mass is 10.3. The van der Waals surface area contributed by atoms with Gasteiger partial charge in [-0.05, 0) is 13.0 Å². The molecule has 8 heteroatoms. The predicted octanol–water partition coefficient (Wildman–Crippen LogP) is 0.961. The summed E-state index contributed by atoms with van der Waals surface area (Å²) < 4.78 is 4.56. The second-order valence-electron chi connectivity index (χ2n) is 3.74. The number of nitrogen functional groups attached to an aromatic ring is 1. The Morgan fingerprint density at radius 1 is 1.58 bits per heavy atom. The van der Waals surface area contributed by atoms with Gasteiger partial charge in [0.1, 0.15) is 5.82 Å². The molecule has 0 aromatic carbocycles. The number of pyridine rings is 1. The summed E-state index contributed by atoms with van der Waals surface area (Å²) in [5, 5.41) is 10.6. The molecule has 0 aliphatic carbocycles. The molecule has 1 aromatic rings. The molecule has 2 N–H and O–H groups in total. The highest BCUT2D eigenvalue weighted by molar-refractivity contribution is 5.70. The third kappa shape index (κ3) is 3.80. The van der Waals surface area contributed by atoms with Crippen molar-refractivity contribution in [1.82, 2.24) is 4.98 Å². The quantitative estimate of drug-likeness (QED) is 0.464. The van der Waals surface area contributed by atoms with E-state index in [0.717, 1.165) is 0 Å². The van der Waals surface area contributed by atoms with Gasteiger partial charge in [0, 0.05) is 19.2 Å². The Morgan fingerprint density at radius 2 is 2.26 bits per heavy atom. The lowest BCUT2D eigenvalue weighted by Gasteiger charge is -2.21. The minimum atomic E-state index is -0.586. The largest absolute Gasteiger partial charge is 0.469 e. The summed E-state index contributed by atoms with van der Waals surface area (Å²) >= 11 is 0. The number of nitrogens with two attached hydrogens (primary N) is 1. The van der Waals surface area contributed by atoms with Crippen molar-refractivity contribution in [3.8, 4) is 0 Å². The standard InChI is InChI=1S/C11H16N4O4/c1-3-14(7-6-10(16)19-2)9-5-4-8(15(17)18)11(12)13-9/h4-5H,3,6-7H2,1-2H3,(H2,12,13). The van der Waals surface area contributed by atoms with Crippen molar-refractivity contribution in [1.29, 1.82) is 0 Å². The molecule has 0 unspecified atom stereocenters. The second kappa shape index (κ2) is 6.53. The summed E-state index contributed by atoms with van der Waals surface area (Å²) in [6.07, 6.45) is 0.211. The van der Waals surface area contributed by atoms with E-state index < -0.39 is 4.92 Å². The number of rotatable bonds is 6. The first-order chi connectivity index (χ1) is 8.99. The Morgan fingerprint density at radius 3 is 2.74 bits per heavy atom. The fourth-order valence-corrected chi connectivity index (χ4v) is 1.55. The van der Waals surface area contributed by atoms with E-state index >= 15 is 0 Å². The van der Waals surface area contributed by atoms with Crippen LogP contribution in [0, 0.1) is 10.1 Å². The van der Waals surface area contributed by atoms with Gasteiger partial charge < -0.3 is 15.4 Å². The van der Waals surface area contributed by atoms with Crippen molar-refractivity contribution in [3.05, 3.63) is 22.2 Å². The van der Waals surface area contributed by atoms with Gasteiger partial charge in [0.25, 0.3) is 0 Å². The van der Waals surface area contributed by atoms with Crippen LogP contribution in [0.4, 0.5) is 17.3 Å². The molecule has 0 saturated heterocycles. The number of esters is 1. The number of aromatic nitrogens is 1. The minimum Gasteiger partial charge on any atom is -0.469 e. The van der Waals surface area contributed by atoms with Crippen LogP contribution in [0.3, 0.4) is 0 Å². The molecule has 0 atom stereocenters. The third-order valence-corrected chi connectivity index (χ3v) is 2.60. The molecule has 1 aromatic heterocycles. The summed E-state index contributed by atoms with van der Waals surface area (Å²) in [5.74, 6) is 0.0295. The normalized spacial score (nSPS) is 10.0. The van der Waals surface area contributed by atoms with Crippen molar-refractivity contribution in [2.75, 3.05) is 30.8 Å². The van der Waals surface area contributed by atoms with Crippen molar-refractivity contribution in [3.63, 3.8) is 0 Å². The number of ether oxygens (including phenoxy) is 1. The average Bonchev–Trinajstić information content (AvgIpc) is 2.38. The van der Waals surface area contributed by atoms with E-state index in [-0.39, 0.29) is 23.9 Å². The second-order valence-corrected chi connectivity index (χ2v) is 3.74. The van der Waals surface area contributed by atoms with E-state index in [2.05, 4.69) is 9.72 Å². The van der Waals surface area contributed by atoms with Crippen LogP contribution in [0.2, 0.25) is 0 Å². The molecule has 0 aliphatic heterocycles. The number of hydrogen-bond acceptors (Lipinski definition) is 7. The number of carbonyl (C=O) groups is 1. The van der Waals surface area contributed by atoms with Gasteiger partial charge in [-0.15, -0.1) is 0 Å². The first kappa shape index (κ1) is 14.7. The molecule has 19 heavy (non-hydrogen) atoms. The maximum Gasteiger partial charge on any atom is 0.311 e. The summed E-state index contributed by atoms with van der Waals surface area (Å²) in [5.41, 5.74) is 5.30. The lowest BCUT2D eigenvalue weighted by molar-refractivity contribution is -0.384. The molecule has 0 amide bonds. The topological polar surface area (TPSA) is 112 Å². The van der Waals surface area contributed by atoms with Crippen molar-refractivity contribution >= 4 is 23.3 Å². The van der Waals surface area contributed by atoms with Crippen LogP contribution < -0.4 is 10.6 Å². The molecule has 1 heterocycles. The Labute approximate surface area is 110 Å². The van der Waals surface area contributed by atoms with Gasteiger partial charge in [-0.1, -0.05) is 0 Å².